The van der Waals surface area contributed by atoms with Crippen molar-refractivity contribution in [1.82, 2.24) is 0 Å². The summed E-state index contributed by atoms with van der Waals surface area (Å²) < 4.78 is 5.91. The molecule has 2 fully saturated rings. The molecule has 0 radical (unpaired) electrons. The number of halogens is 1. The molecule has 3 heteroatoms. The third-order valence-electron chi connectivity index (χ3n) is 4.82. The van der Waals surface area contributed by atoms with Gasteiger partial charge in [0.15, 0.2) is 0 Å². The van der Waals surface area contributed by atoms with Crippen LogP contribution in [-0.2, 0) is 5.41 Å². The average molecular weight is 280 g/mol. The normalized spacial score (nSPS) is 22.7. The van der Waals surface area contributed by atoms with Crippen LogP contribution in [0.2, 0.25) is 5.02 Å². The first-order valence-electron chi connectivity index (χ1n) is 7.30. The fraction of sp³-hybridized carbons (Fsp3) is 0.625. The maximum atomic E-state index is 6.23. The minimum atomic E-state index is 0.138. The molecule has 2 aliphatic carbocycles. The summed E-state index contributed by atoms with van der Waals surface area (Å²) in [6.07, 6.45) is 6.27. The van der Waals surface area contributed by atoms with Crippen LogP contribution in [0.15, 0.2) is 18.2 Å². The van der Waals surface area contributed by atoms with Crippen molar-refractivity contribution in [3.05, 3.63) is 28.8 Å². The quantitative estimate of drug-likeness (QED) is 0.887. The second-order valence-corrected chi connectivity index (χ2v) is 6.66. The van der Waals surface area contributed by atoms with E-state index >= 15 is 0 Å². The van der Waals surface area contributed by atoms with E-state index in [4.69, 9.17) is 22.1 Å². The first kappa shape index (κ1) is 13.3. The van der Waals surface area contributed by atoms with Crippen molar-refractivity contribution in [3.63, 3.8) is 0 Å². The topological polar surface area (TPSA) is 35.2 Å². The van der Waals surface area contributed by atoms with Crippen molar-refractivity contribution in [1.29, 1.82) is 0 Å². The Morgan fingerprint density at radius 2 is 2.11 bits per heavy atom. The molecule has 1 unspecified atom stereocenters. The van der Waals surface area contributed by atoms with E-state index in [-0.39, 0.29) is 11.5 Å². The second-order valence-electron chi connectivity index (χ2n) is 6.23. The van der Waals surface area contributed by atoms with Gasteiger partial charge in [0.2, 0.25) is 0 Å². The lowest BCUT2D eigenvalue weighted by atomic mass is 9.86. The molecule has 104 valence electrons. The molecule has 1 aromatic rings. The summed E-state index contributed by atoms with van der Waals surface area (Å²) in [5.41, 5.74) is 7.52. The molecule has 2 nitrogen and oxygen atoms in total. The van der Waals surface area contributed by atoms with Gasteiger partial charge in [-0.1, -0.05) is 18.0 Å². The molecule has 19 heavy (non-hydrogen) atoms. The van der Waals surface area contributed by atoms with Crippen molar-refractivity contribution < 1.29 is 4.74 Å². The minimum Gasteiger partial charge on any atom is -0.493 e. The lowest BCUT2D eigenvalue weighted by Crippen LogP contribution is -2.31. The van der Waals surface area contributed by atoms with Crippen molar-refractivity contribution >= 4 is 11.6 Å². The van der Waals surface area contributed by atoms with Crippen LogP contribution in [0.4, 0.5) is 0 Å². The van der Waals surface area contributed by atoms with Gasteiger partial charge in [-0.2, -0.15) is 0 Å². The zero-order valence-electron chi connectivity index (χ0n) is 11.5. The first-order valence-corrected chi connectivity index (χ1v) is 7.67. The van der Waals surface area contributed by atoms with Gasteiger partial charge < -0.3 is 10.5 Å². The Kier molecular flexibility index (Phi) is 3.48. The van der Waals surface area contributed by atoms with Gasteiger partial charge in [-0.05, 0) is 62.3 Å². The van der Waals surface area contributed by atoms with Crippen molar-refractivity contribution in [3.8, 4) is 5.75 Å². The van der Waals surface area contributed by atoms with Crippen LogP contribution in [0.5, 0.6) is 5.75 Å². The highest BCUT2D eigenvalue weighted by atomic mass is 35.5. The van der Waals surface area contributed by atoms with E-state index in [1.165, 1.54) is 24.8 Å². The van der Waals surface area contributed by atoms with Crippen LogP contribution >= 0.6 is 11.6 Å². The van der Waals surface area contributed by atoms with Gasteiger partial charge in [-0.15, -0.1) is 0 Å². The van der Waals surface area contributed by atoms with E-state index in [0.717, 1.165) is 36.1 Å². The Bertz CT molecular complexity index is 464. The Morgan fingerprint density at radius 3 is 2.63 bits per heavy atom. The van der Waals surface area contributed by atoms with Gasteiger partial charge in [0.05, 0.1) is 6.61 Å². The number of nitrogens with two attached hydrogens (primary N) is 1. The lowest BCUT2D eigenvalue weighted by molar-refractivity contribution is 0.180. The van der Waals surface area contributed by atoms with Gasteiger partial charge in [-0.3, -0.25) is 0 Å². The highest BCUT2D eigenvalue weighted by Gasteiger charge is 2.47. The van der Waals surface area contributed by atoms with Gasteiger partial charge in [-0.25, -0.2) is 0 Å². The zero-order valence-corrected chi connectivity index (χ0v) is 12.2. The number of hydrogen-bond acceptors (Lipinski definition) is 2. The number of ether oxygens (including phenoxy) is 1. The van der Waals surface area contributed by atoms with Crippen LogP contribution in [0.3, 0.4) is 0 Å². The Morgan fingerprint density at radius 1 is 1.37 bits per heavy atom. The van der Waals surface area contributed by atoms with Gasteiger partial charge in [0.25, 0.3) is 0 Å². The summed E-state index contributed by atoms with van der Waals surface area (Å²) in [5.74, 6) is 1.65. The molecule has 2 saturated carbocycles. The van der Waals surface area contributed by atoms with E-state index in [1.807, 2.05) is 12.1 Å². The molecule has 1 atom stereocenters. The summed E-state index contributed by atoms with van der Waals surface area (Å²) in [5, 5.41) is 0.757. The largest absolute Gasteiger partial charge is 0.493 e. The summed E-state index contributed by atoms with van der Waals surface area (Å²) in [7, 11) is 0. The molecule has 0 aromatic heterocycles. The highest BCUT2D eigenvalue weighted by Crippen LogP contribution is 2.51. The fourth-order valence-electron chi connectivity index (χ4n) is 2.95. The van der Waals surface area contributed by atoms with Gasteiger partial charge >= 0.3 is 0 Å². The molecule has 0 spiro atoms. The van der Waals surface area contributed by atoms with Gasteiger partial charge in [0, 0.05) is 16.5 Å². The van der Waals surface area contributed by atoms with Crippen molar-refractivity contribution in [2.24, 2.45) is 11.7 Å². The van der Waals surface area contributed by atoms with E-state index in [1.54, 1.807) is 0 Å². The predicted octanol–water partition coefficient (Wildman–Crippen LogP) is 3.90. The average Bonchev–Trinajstić information content (AvgIpc) is 3.07. The van der Waals surface area contributed by atoms with Crippen LogP contribution in [-0.4, -0.2) is 12.6 Å². The lowest BCUT2D eigenvalue weighted by Gasteiger charge is -2.26. The standard InChI is InChI=1S/C16H22ClNO/c1-11(18)16(5-6-16)13-7-14(17)9-15(8-13)19-10-12-3-2-4-12/h7-9,11-12H,2-6,10,18H2,1H3. The minimum absolute atomic E-state index is 0.138. The fourth-order valence-corrected chi connectivity index (χ4v) is 3.17. The molecular formula is C16H22ClNO. The summed E-state index contributed by atoms with van der Waals surface area (Å²) >= 11 is 6.23. The molecule has 0 amide bonds. The third-order valence-corrected chi connectivity index (χ3v) is 5.04. The van der Waals surface area contributed by atoms with Crippen molar-refractivity contribution in [2.45, 2.75) is 50.5 Å². The summed E-state index contributed by atoms with van der Waals surface area (Å²) in [6.45, 7) is 2.91. The maximum absolute atomic E-state index is 6.23. The van der Waals surface area contributed by atoms with Crippen LogP contribution in [0.25, 0.3) is 0 Å². The molecule has 1 aromatic carbocycles. The smallest absolute Gasteiger partial charge is 0.121 e. The van der Waals surface area contributed by atoms with Gasteiger partial charge in [0.1, 0.15) is 5.75 Å². The van der Waals surface area contributed by atoms with Crippen LogP contribution < -0.4 is 10.5 Å². The Balaban J connectivity index is 1.76. The van der Waals surface area contributed by atoms with E-state index < -0.39 is 0 Å². The number of benzene rings is 1. The highest BCUT2D eigenvalue weighted by molar-refractivity contribution is 6.30. The predicted molar refractivity (Wildman–Crippen MR) is 78.8 cm³/mol. The van der Waals surface area contributed by atoms with E-state index in [9.17, 15) is 0 Å². The molecule has 3 rings (SSSR count). The molecular weight excluding hydrogens is 258 g/mol. The number of hydrogen-bond donors (Lipinski definition) is 1. The van der Waals surface area contributed by atoms with Crippen molar-refractivity contribution in [2.75, 3.05) is 6.61 Å². The maximum Gasteiger partial charge on any atom is 0.121 e. The second kappa shape index (κ2) is 4.99. The molecule has 0 bridgehead atoms. The molecule has 0 aliphatic heterocycles. The zero-order chi connectivity index (χ0) is 13.5. The van der Waals surface area contributed by atoms with Crippen LogP contribution in [0, 0.1) is 5.92 Å². The molecule has 2 aliphatic rings. The first-order chi connectivity index (χ1) is 9.10. The summed E-state index contributed by atoms with van der Waals surface area (Å²) in [6, 6.07) is 6.28. The third kappa shape index (κ3) is 2.61. The SMILES string of the molecule is CC(N)C1(c2cc(Cl)cc(OCC3CCC3)c2)CC1. The summed E-state index contributed by atoms with van der Waals surface area (Å²) in [4.78, 5) is 0. The Hall–Kier alpha value is -0.730. The van der Waals surface area contributed by atoms with E-state index in [0.29, 0.717) is 0 Å². The Labute approximate surface area is 120 Å². The monoisotopic (exact) mass is 279 g/mol. The van der Waals surface area contributed by atoms with E-state index in [2.05, 4.69) is 13.0 Å². The van der Waals surface area contributed by atoms with Crippen LogP contribution in [0.1, 0.15) is 44.6 Å². The molecule has 0 saturated heterocycles. The molecule has 0 heterocycles. The number of rotatable bonds is 5. The molecule has 2 N–H and O–H groups in total.